The molecule has 0 saturated heterocycles. The third kappa shape index (κ3) is 11.8. The van der Waals surface area contributed by atoms with E-state index in [1.807, 2.05) is 0 Å². The molecule has 0 fully saturated rings. The van der Waals surface area contributed by atoms with Gasteiger partial charge in [-0.2, -0.15) is 0 Å². The van der Waals surface area contributed by atoms with Gasteiger partial charge in [0, 0.05) is 24.0 Å². The Morgan fingerprint density at radius 1 is 0.558 bits per heavy atom. The van der Waals surface area contributed by atoms with Crippen LogP contribution in [0.4, 0.5) is 0 Å². The average Bonchev–Trinajstić information content (AvgIpc) is 3.13. The predicted octanol–water partition coefficient (Wildman–Crippen LogP) is 3.62. The molecule has 0 aliphatic heterocycles. The van der Waals surface area contributed by atoms with Crippen LogP contribution in [-0.4, -0.2) is 50.9 Å². The third-order valence-electron chi connectivity index (χ3n) is 7.60. The van der Waals surface area contributed by atoms with Gasteiger partial charge in [-0.05, 0) is 98.5 Å². The van der Waals surface area contributed by atoms with Crippen LogP contribution >= 0.6 is 7.82 Å². The van der Waals surface area contributed by atoms with E-state index in [0.717, 1.165) is 11.1 Å². The fourth-order valence-corrected chi connectivity index (χ4v) is 5.76. The fourth-order valence-electron chi connectivity index (χ4n) is 4.94. The van der Waals surface area contributed by atoms with Crippen molar-refractivity contribution in [3.05, 3.63) is 118 Å². The number of phosphoric acid groups is 1. The van der Waals surface area contributed by atoms with Crippen molar-refractivity contribution in [3.8, 4) is 23.0 Å². The first-order valence-electron chi connectivity index (χ1n) is 16.1. The quantitative estimate of drug-likeness (QED) is 0.0631. The Morgan fingerprint density at radius 3 is 1.23 bits per heavy atom. The molecule has 0 amide bonds. The van der Waals surface area contributed by atoms with E-state index < -0.39 is 19.8 Å². The Labute approximate surface area is 324 Å². The van der Waals surface area contributed by atoms with Crippen molar-refractivity contribution in [2.45, 2.75) is 39.5 Å². The fraction of sp³-hybridized carbons (Fsp3) is 0.263. The summed E-state index contributed by atoms with van der Waals surface area (Å²) in [5.41, 5.74) is 3.09. The Bertz CT molecular complexity index is 1770. The summed E-state index contributed by atoms with van der Waals surface area (Å²) in [6.07, 6.45) is 1.11. The molecule has 0 spiro atoms. The minimum Gasteiger partial charge on any atom is -0.736 e. The summed E-state index contributed by atoms with van der Waals surface area (Å²) in [7, 11) is -2.48. The summed E-state index contributed by atoms with van der Waals surface area (Å²) >= 11 is 0. The van der Waals surface area contributed by atoms with Gasteiger partial charge in [0.2, 0.25) is 0 Å². The van der Waals surface area contributed by atoms with Gasteiger partial charge in [0.1, 0.15) is 0 Å². The number of ether oxygens (including phenoxy) is 4. The van der Waals surface area contributed by atoms with Crippen molar-refractivity contribution in [1.82, 2.24) is 0 Å². The van der Waals surface area contributed by atoms with Crippen LogP contribution in [0.2, 0.25) is 0 Å². The first-order chi connectivity index (χ1) is 24.5. The van der Waals surface area contributed by atoms with Crippen LogP contribution in [0.5, 0.6) is 23.0 Å². The van der Waals surface area contributed by atoms with E-state index in [4.69, 9.17) is 28.0 Å². The van der Waals surface area contributed by atoms with Crippen molar-refractivity contribution < 1.29 is 86.2 Å². The van der Waals surface area contributed by atoms with Gasteiger partial charge in [-0.15, -0.1) is 0 Å². The van der Waals surface area contributed by atoms with Crippen LogP contribution in [0.3, 0.4) is 0 Å². The molecule has 0 heterocycles. The van der Waals surface area contributed by atoms with Crippen molar-refractivity contribution >= 4 is 31.3 Å². The zero-order chi connectivity index (χ0) is 37.0. The second-order valence-electron chi connectivity index (χ2n) is 11.0. The molecule has 0 bridgehead atoms. The molecule has 0 aromatic heterocycles. The minimum absolute atomic E-state index is 0. The van der Waals surface area contributed by atoms with Gasteiger partial charge in [-0.3, -0.25) is 9.59 Å². The molecule has 52 heavy (non-hydrogen) atoms. The largest absolute Gasteiger partial charge is 1.00 e. The number of esters is 2. The third-order valence-corrected chi connectivity index (χ3v) is 8.44. The van der Waals surface area contributed by atoms with Crippen LogP contribution in [0.1, 0.15) is 79.2 Å². The Kier molecular flexibility index (Phi) is 16.1. The molecular formula is C38H38NaO12P. The summed E-state index contributed by atoms with van der Waals surface area (Å²) in [5, 5.41) is 0. The molecule has 0 N–H and O–H groups in total. The smallest absolute Gasteiger partial charge is 0.736 e. The summed E-state index contributed by atoms with van der Waals surface area (Å²) in [5.74, 6) is -1.71. The molecule has 4 rings (SSSR count). The molecule has 0 radical (unpaired) electrons. The Balaban J connectivity index is 0.00000729. The number of hydrogen-bond donors (Lipinski definition) is 0. The number of benzene rings is 4. The maximum absolute atomic E-state index is 12.9. The number of Topliss-reactive ketones (excluding diaryl/α,β-unsaturated/α-hetero) is 2. The van der Waals surface area contributed by atoms with Crippen LogP contribution in [-0.2, 0) is 26.9 Å². The van der Waals surface area contributed by atoms with Crippen LogP contribution in [0.25, 0.3) is 0 Å². The normalized spacial score (nSPS) is 10.7. The maximum atomic E-state index is 12.9. The molecule has 4 aromatic carbocycles. The van der Waals surface area contributed by atoms with Crippen LogP contribution < -0.4 is 53.0 Å². The predicted molar refractivity (Wildman–Crippen MR) is 185 cm³/mol. The zero-order valence-electron chi connectivity index (χ0n) is 29.7. The van der Waals surface area contributed by atoms with E-state index in [1.54, 1.807) is 62.4 Å². The van der Waals surface area contributed by atoms with Gasteiger partial charge in [0.25, 0.3) is 0 Å². The number of rotatable bonds is 18. The molecular weight excluding hydrogens is 702 g/mol. The SMILES string of the molecule is CCOC(=O)c1ccc(CCC(=O)c2ccc(OP(=O)([O-])Oc3ccc(C(=O)CCc4ccc(C(=O)OCC)cc4)cc3OC)c(OC)c2)cc1.[Na+]. The Morgan fingerprint density at radius 2 is 0.904 bits per heavy atom. The van der Waals surface area contributed by atoms with E-state index in [1.165, 1.54) is 50.6 Å². The van der Waals surface area contributed by atoms with Crippen LogP contribution in [0, 0.1) is 0 Å². The summed E-state index contributed by atoms with van der Waals surface area (Å²) < 4.78 is 43.9. The monoisotopic (exact) mass is 740 g/mol. The van der Waals surface area contributed by atoms with Crippen molar-refractivity contribution in [2.24, 2.45) is 0 Å². The minimum atomic E-state index is -5.08. The first kappa shape index (κ1) is 42.0. The summed E-state index contributed by atoms with van der Waals surface area (Å²) in [4.78, 5) is 62.5. The Hall–Kier alpha value is -4.45. The number of phosphoric ester groups is 1. The summed E-state index contributed by atoms with van der Waals surface area (Å²) in [6.45, 7) is 4.00. The standard InChI is InChI=1S/C38H39O12P.Na/c1-5-47-37(41)27-13-7-25(8-14-27)11-19-31(39)29-17-21-33(35(23-29)45-3)49-51(43,44)50-34-22-18-30(24-36(34)46-4)32(40)20-12-26-9-15-28(16-10-26)38(42)48-6-2;/h7-10,13-18,21-24H,5-6,11-12,19-20H2,1-4H3,(H,43,44);/q;+1/p-1. The number of carbonyl (C=O) groups is 4. The number of hydrogen-bond acceptors (Lipinski definition) is 12. The molecule has 4 aromatic rings. The molecule has 0 saturated carbocycles. The van der Waals surface area contributed by atoms with Gasteiger partial charge in [-0.25, -0.2) is 14.2 Å². The van der Waals surface area contributed by atoms with E-state index in [9.17, 15) is 28.6 Å². The van der Waals surface area contributed by atoms with Gasteiger partial charge in [0.05, 0.1) is 38.6 Å². The van der Waals surface area contributed by atoms with Crippen molar-refractivity contribution in [3.63, 3.8) is 0 Å². The molecule has 0 aliphatic rings. The second-order valence-corrected chi connectivity index (χ2v) is 12.3. The van der Waals surface area contributed by atoms with Gasteiger partial charge in [-0.1, -0.05) is 24.3 Å². The molecule has 0 aliphatic carbocycles. The topological polar surface area (TPSA) is 164 Å². The molecule has 268 valence electrons. The molecule has 12 nitrogen and oxygen atoms in total. The van der Waals surface area contributed by atoms with Gasteiger partial charge < -0.3 is 32.9 Å². The van der Waals surface area contributed by atoms with Crippen molar-refractivity contribution in [2.75, 3.05) is 27.4 Å². The number of ketones is 2. The van der Waals surface area contributed by atoms with Crippen molar-refractivity contribution in [1.29, 1.82) is 0 Å². The van der Waals surface area contributed by atoms with Crippen LogP contribution in [0.15, 0.2) is 84.9 Å². The van der Waals surface area contributed by atoms with Gasteiger partial charge >= 0.3 is 49.3 Å². The second kappa shape index (κ2) is 20.0. The van der Waals surface area contributed by atoms with E-state index in [0.29, 0.717) is 24.0 Å². The molecule has 14 heteroatoms. The maximum Gasteiger partial charge on any atom is 1.00 e. The zero-order valence-corrected chi connectivity index (χ0v) is 32.6. The number of aryl methyl sites for hydroxylation is 2. The van der Waals surface area contributed by atoms with Gasteiger partial charge in [0.15, 0.2) is 34.6 Å². The average molecular weight is 741 g/mol. The molecule has 0 unspecified atom stereocenters. The van der Waals surface area contributed by atoms with E-state index in [-0.39, 0.29) is 101 Å². The number of carbonyl (C=O) groups excluding carboxylic acids is 4. The first-order valence-corrected chi connectivity index (χ1v) is 17.6. The van der Waals surface area contributed by atoms with E-state index in [2.05, 4.69) is 0 Å². The molecule has 0 atom stereocenters. The van der Waals surface area contributed by atoms with E-state index >= 15 is 0 Å². The number of methoxy groups -OCH3 is 2. The summed E-state index contributed by atoms with van der Waals surface area (Å²) in [6, 6.07) is 21.7.